The highest BCUT2D eigenvalue weighted by Crippen LogP contribution is 2.39. The molecule has 35 heavy (non-hydrogen) atoms. The maximum absolute atomic E-state index is 13.6. The summed E-state index contributed by atoms with van der Waals surface area (Å²) in [4.78, 5) is 32.7. The molecule has 0 saturated carbocycles. The third-order valence-corrected chi connectivity index (χ3v) is 6.51. The van der Waals surface area contributed by atoms with E-state index in [1.165, 1.54) is 11.3 Å². The summed E-state index contributed by atoms with van der Waals surface area (Å²) in [5.74, 6) is -1.02. The van der Waals surface area contributed by atoms with E-state index in [4.69, 9.17) is 21.7 Å². The molecule has 9 heteroatoms. The fourth-order valence-electron chi connectivity index (χ4n) is 4.39. The van der Waals surface area contributed by atoms with Gasteiger partial charge in [0.2, 0.25) is 0 Å². The lowest BCUT2D eigenvalue weighted by atomic mass is 9.91. The Bertz CT molecular complexity index is 1260. The summed E-state index contributed by atoms with van der Waals surface area (Å²) in [6.07, 6.45) is 6.12. The maximum atomic E-state index is 13.6. The largest absolute Gasteiger partial charge is 0.464 e. The summed E-state index contributed by atoms with van der Waals surface area (Å²) in [7, 11) is 0. The average Bonchev–Trinajstić information content (AvgIpc) is 3.34. The fourth-order valence-corrected chi connectivity index (χ4v) is 4.75. The SMILES string of the molecule is CCCCCc1ccc(C(=O)N2C(=S)OC(C)(c3ccn4nc(C)cc4n3)C2C(=O)OCC)cc1. The molecule has 0 N–H and O–H groups in total. The van der Waals surface area contributed by atoms with Crippen LogP contribution in [-0.2, 0) is 26.3 Å². The number of carbonyl (C=O) groups is 2. The summed E-state index contributed by atoms with van der Waals surface area (Å²) in [6, 6.07) is 9.83. The zero-order chi connectivity index (χ0) is 25.2. The first kappa shape index (κ1) is 24.8. The molecule has 3 heterocycles. The number of unbranched alkanes of at least 4 members (excludes halogenated alkanes) is 2. The minimum atomic E-state index is -1.33. The van der Waals surface area contributed by atoms with Gasteiger partial charge in [-0.25, -0.2) is 19.2 Å². The molecular weight excluding hydrogens is 464 g/mol. The van der Waals surface area contributed by atoms with E-state index in [0.717, 1.165) is 30.5 Å². The van der Waals surface area contributed by atoms with Gasteiger partial charge in [0.25, 0.3) is 11.1 Å². The second-order valence-corrected chi connectivity index (χ2v) is 9.21. The summed E-state index contributed by atoms with van der Waals surface area (Å²) in [5.41, 5.74) is 2.10. The third-order valence-electron chi connectivity index (χ3n) is 6.23. The molecule has 3 aromatic rings. The smallest absolute Gasteiger partial charge is 0.334 e. The van der Waals surface area contributed by atoms with Crippen LogP contribution in [0.25, 0.3) is 5.65 Å². The highest BCUT2D eigenvalue weighted by Gasteiger charge is 2.58. The van der Waals surface area contributed by atoms with Gasteiger partial charge in [-0.05, 0) is 69.6 Å². The van der Waals surface area contributed by atoms with Gasteiger partial charge < -0.3 is 9.47 Å². The summed E-state index contributed by atoms with van der Waals surface area (Å²) in [6.45, 7) is 7.61. The quantitative estimate of drug-likeness (QED) is 0.261. The summed E-state index contributed by atoms with van der Waals surface area (Å²) in [5, 5.41) is 4.26. The second-order valence-electron chi connectivity index (χ2n) is 8.86. The van der Waals surface area contributed by atoms with Crippen LogP contribution >= 0.6 is 12.2 Å². The van der Waals surface area contributed by atoms with Crippen LogP contribution in [0.2, 0.25) is 0 Å². The van der Waals surface area contributed by atoms with Crippen LogP contribution in [0.5, 0.6) is 0 Å². The standard InChI is InChI=1S/C26H30N4O4S/c1-5-7-8-9-18-10-12-19(13-11-18)23(31)30-22(24(32)33-6-2)26(4,34-25(30)35)20-14-15-29-21(27-20)16-17(3)28-29/h10-16,22H,5-9H2,1-4H3. The highest BCUT2D eigenvalue weighted by molar-refractivity contribution is 7.80. The van der Waals surface area contributed by atoms with E-state index in [0.29, 0.717) is 16.9 Å². The Morgan fingerprint density at radius 1 is 1.17 bits per heavy atom. The normalized spacial score (nSPS) is 19.7. The van der Waals surface area contributed by atoms with Crippen LogP contribution in [0.1, 0.15) is 67.3 Å². The van der Waals surface area contributed by atoms with Crippen molar-refractivity contribution in [3.63, 3.8) is 0 Å². The van der Waals surface area contributed by atoms with Crippen molar-refractivity contribution in [3.05, 3.63) is 65.1 Å². The van der Waals surface area contributed by atoms with Gasteiger partial charge in [0.15, 0.2) is 17.3 Å². The summed E-state index contributed by atoms with van der Waals surface area (Å²) < 4.78 is 13.1. The van der Waals surface area contributed by atoms with E-state index in [1.807, 2.05) is 25.1 Å². The minimum absolute atomic E-state index is 0.0889. The van der Waals surface area contributed by atoms with Gasteiger partial charge in [0, 0.05) is 17.8 Å². The van der Waals surface area contributed by atoms with Crippen LogP contribution in [0.4, 0.5) is 0 Å². The molecule has 2 unspecified atom stereocenters. The number of amides is 1. The Hall–Kier alpha value is -3.33. The number of rotatable bonds is 8. The van der Waals surface area contributed by atoms with Gasteiger partial charge in [0.05, 0.1) is 18.0 Å². The molecule has 1 aliphatic rings. The van der Waals surface area contributed by atoms with Gasteiger partial charge in [-0.15, -0.1) is 0 Å². The molecule has 0 spiro atoms. The van der Waals surface area contributed by atoms with Crippen molar-refractivity contribution in [2.45, 2.75) is 65.0 Å². The van der Waals surface area contributed by atoms with Crippen LogP contribution in [-0.4, -0.2) is 49.2 Å². The van der Waals surface area contributed by atoms with Gasteiger partial charge in [-0.2, -0.15) is 5.10 Å². The van der Waals surface area contributed by atoms with Crippen LogP contribution in [0.3, 0.4) is 0 Å². The van der Waals surface area contributed by atoms with E-state index in [1.54, 1.807) is 42.8 Å². The van der Waals surface area contributed by atoms with Gasteiger partial charge >= 0.3 is 5.97 Å². The number of hydrogen-bond donors (Lipinski definition) is 0. The summed E-state index contributed by atoms with van der Waals surface area (Å²) >= 11 is 5.47. The number of thiocarbonyl (C=S) groups is 1. The van der Waals surface area contributed by atoms with Crippen LogP contribution in [0, 0.1) is 6.92 Å². The molecule has 1 aliphatic heterocycles. The molecule has 2 aromatic heterocycles. The van der Waals surface area contributed by atoms with E-state index in [9.17, 15) is 9.59 Å². The van der Waals surface area contributed by atoms with Crippen molar-refractivity contribution in [1.29, 1.82) is 0 Å². The molecule has 2 atom stereocenters. The van der Waals surface area contributed by atoms with E-state index in [-0.39, 0.29) is 11.8 Å². The molecule has 1 amide bonds. The first-order chi connectivity index (χ1) is 16.8. The number of esters is 1. The molecule has 0 radical (unpaired) electrons. The lowest BCUT2D eigenvalue weighted by molar-refractivity contribution is -0.151. The first-order valence-electron chi connectivity index (χ1n) is 11.9. The van der Waals surface area contributed by atoms with Crippen molar-refractivity contribution in [2.75, 3.05) is 6.61 Å². The molecule has 184 valence electrons. The molecule has 1 fully saturated rings. The number of benzene rings is 1. The lowest BCUT2D eigenvalue weighted by Gasteiger charge is -2.29. The molecule has 0 bridgehead atoms. The minimum Gasteiger partial charge on any atom is -0.464 e. The van der Waals surface area contributed by atoms with Gasteiger partial charge in [-0.1, -0.05) is 31.9 Å². The Balaban J connectivity index is 1.68. The van der Waals surface area contributed by atoms with Crippen molar-refractivity contribution in [3.8, 4) is 0 Å². The van der Waals surface area contributed by atoms with E-state index in [2.05, 4.69) is 17.0 Å². The van der Waals surface area contributed by atoms with E-state index >= 15 is 0 Å². The second kappa shape index (κ2) is 10.1. The molecule has 1 saturated heterocycles. The Labute approximate surface area is 210 Å². The Morgan fingerprint density at radius 3 is 2.60 bits per heavy atom. The zero-order valence-electron chi connectivity index (χ0n) is 20.5. The highest BCUT2D eigenvalue weighted by atomic mass is 32.1. The number of aromatic nitrogens is 3. The average molecular weight is 495 g/mol. The van der Waals surface area contributed by atoms with Gasteiger partial charge in [-0.3, -0.25) is 4.79 Å². The lowest BCUT2D eigenvalue weighted by Crippen LogP contribution is -2.51. The van der Waals surface area contributed by atoms with Gasteiger partial charge in [0.1, 0.15) is 0 Å². The number of aryl methyl sites for hydroxylation is 2. The molecule has 1 aromatic carbocycles. The first-order valence-corrected chi connectivity index (χ1v) is 12.3. The zero-order valence-corrected chi connectivity index (χ0v) is 21.3. The number of nitrogens with zero attached hydrogens (tertiary/aromatic N) is 4. The number of hydrogen-bond acceptors (Lipinski definition) is 7. The molecule has 4 rings (SSSR count). The number of carbonyl (C=O) groups excluding carboxylic acids is 2. The molecule has 0 aliphatic carbocycles. The predicted octanol–water partition coefficient (Wildman–Crippen LogP) is 4.37. The number of ether oxygens (including phenoxy) is 2. The number of fused-ring (bicyclic) bond motifs is 1. The topological polar surface area (TPSA) is 86.0 Å². The van der Waals surface area contributed by atoms with Crippen molar-refractivity contribution in [2.24, 2.45) is 0 Å². The third kappa shape index (κ3) is 4.77. The van der Waals surface area contributed by atoms with Crippen LogP contribution in [0.15, 0.2) is 42.6 Å². The van der Waals surface area contributed by atoms with Crippen molar-refractivity contribution >= 4 is 34.9 Å². The van der Waals surface area contributed by atoms with Crippen LogP contribution < -0.4 is 0 Å². The molecular formula is C26H30N4O4S. The fraction of sp³-hybridized carbons (Fsp3) is 0.423. The predicted molar refractivity (Wildman–Crippen MR) is 135 cm³/mol. The molecule has 8 nitrogen and oxygen atoms in total. The Kier molecular flexibility index (Phi) is 7.16. The monoisotopic (exact) mass is 494 g/mol. The van der Waals surface area contributed by atoms with Crippen molar-refractivity contribution < 1.29 is 19.1 Å². The Morgan fingerprint density at radius 2 is 1.91 bits per heavy atom. The van der Waals surface area contributed by atoms with E-state index < -0.39 is 23.5 Å². The maximum Gasteiger partial charge on any atom is 0.334 e. The van der Waals surface area contributed by atoms with Crippen molar-refractivity contribution in [1.82, 2.24) is 19.5 Å².